The smallest absolute Gasteiger partial charge is 0.183 e. The number of hydrogen-bond donors (Lipinski definition) is 0. The number of nitrogens with zero attached hydrogens (tertiary/aromatic N) is 2. The molecule has 3 aromatic rings. The molecule has 0 amide bonds. The largest absolute Gasteiger partial charge is 0.856 e. The maximum absolute atomic E-state index is 13.1. The Morgan fingerprint density at radius 1 is 0.917 bits per heavy atom. The maximum Gasteiger partial charge on any atom is 0.183 e. The molecule has 0 unspecified atom stereocenters. The van der Waals surface area contributed by atoms with Crippen molar-refractivity contribution in [2.75, 3.05) is 4.90 Å². The Kier molecular flexibility index (Phi) is 3.75. The van der Waals surface area contributed by atoms with Gasteiger partial charge in [-0.3, -0.25) is 0 Å². The third kappa shape index (κ3) is 2.55. The molecule has 118 valence electrons. The Bertz CT molecular complexity index is 891. The van der Waals surface area contributed by atoms with E-state index in [1.54, 1.807) is 22.9 Å². The summed E-state index contributed by atoms with van der Waals surface area (Å²) in [4.78, 5) is 3.97. The molecule has 2 heterocycles. The number of rotatable bonds is 2. The highest BCUT2D eigenvalue weighted by molar-refractivity contribution is 7.99. The first-order chi connectivity index (χ1) is 11.7. The van der Waals surface area contributed by atoms with Crippen molar-refractivity contribution in [3.05, 3.63) is 84.5 Å². The third-order valence-electron chi connectivity index (χ3n) is 4.00. The molecular formula is C20H16N2OS. The Morgan fingerprint density at radius 3 is 2.12 bits per heavy atom. The predicted molar refractivity (Wildman–Crippen MR) is 94.8 cm³/mol. The van der Waals surface area contributed by atoms with E-state index in [9.17, 15) is 5.11 Å². The number of hydrogen-bond acceptors (Lipinski definition) is 3. The van der Waals surface area contributed by atoms with Gasteiger partial charge < -0.3 is 10.0 Å². The molecule has 0 spiro atoms. The van der Waals surface area contributed by atoms with Crippen molar-refractivity contribution in [1.82, 2.24) is 0 Å². The van der Waals surface area contributed by atoms with Crippen LogP contribution in [0.1, 0.15) is 5.69 Å². The van der Waals surface area contributed by atoms with E-state index in [1.807, 2.05) is 72.3 Å². The standard InChI is InChI=1S/C20H16N2OS/c1-15-8-6-7-13-21(15)14-20(23)22-16-9-2-4-11-18(16)24-19-12-5-3-10-17(19)22/h2-14H,1H3/b20-14-. The summed E-state index contributed by atoms with van der Waals surface area (Å²) < 4.78 is 1.86. The lowest BCUT2D eigenvalue weighted by molar-refractivity contribution is -0.580. The van der Waals surface area contributed by atoms with Gasteiger partial charge in [0.15, 0.2) is 18.1 Å². The predicted octanol–water partition coefficient (Wildman–Crippen LogP) is 3.70. The lowest BCUT2D eigenvalue weighted by Crippen LogP contribution is -2.36. The molecule has 0 aliphatic carbocycles. The topological polar surface area (TPSA) is 30.2 Å². The third-order valence-corrected chi connectivity index (χ3v) is 5.13. The first-order valence-corrected chi connectivity index (χ1v) is 8.57. The number of fused-ring (bicyclic) bond motifs is 2. The number of aryl methyl sites for hydroxylation is 1. The minimum atomic E-state index is -0.0606. The Hall–Kier alpha value is -2.72. The summed E-state index contributed by atoms with van der Waals surface area (Å²) in [6.45, 7) is 1.98. The van der Waals surface area contributed by atoms with E-state index in [2.05, 4.69) is 12.1 Å². The zero-order valence-electron chi connectivity index (χ0n) is 13.2. The van der Waals surface area contributed by atoms with Crippen LogP contribution in [0.4, 0.5) is 11.4 Å². The van der Waals surface area contributed by atoms with Gasteiger partial charge in [-0.15, -0.1) is 0 Å². The molecular weight excluding hydrogens is 316 g/mol. The maximum atomic E-state index is 13.1. The molecule has 4 heteroatoms. The molecule has 0 bridgehead atoms. The van der Waals surface area contributed by atoms with Gasteiger partial charge in [0.05, 0.1) is 11.4 Å². The zero-order valence-corrected chi connectivity index (χ0v) is 14.0. The molecule has 1 aromatic heterocycles. The molecule has 0 radical (unpaired) electrons. The van der Waals surface area contributed by atoms with Gasteiger partial charge in [-0.1, -0.05) is 42.1 Å². The van der Waals surface area contributed by atoms with Crippen molar-refractivity contribution < 1.29 is 9.67 Å². The number of aromatic nitrogens is 1. The van der Waals surface area contributed by atoms with Crippen molar-refractivity contribution >= 4 is 29.3 Å². The van der Waals surface area contributed by atoms with Crippen molar-refractivity contribution in [2.24, 2.45) is 0 Å². The highest BCUT2D eigenvalue weighted by Crippen LogP contribution is 2.48. The van der Waals surface area contributed by atoms with Gasteiger partial charge in [0.25, 0.3) is 0 Å². The van der Waals surface area contributed by atoms with Gasteiger partial charge in [-0.2, -0.15) is 4.57 Å². The van der Waals surface area contributed by atoms with Crippen LogP contribution in [0.2, 0.25) is 0 Å². The van der Waals surface area contributed by atoms with Gasteiger partial charge in [0, 0.05) is 34.7 Å². The Balaban J connectivity index is 1.87. The lowest BCUT2D eigenvalue weighted by Gasteiger charge is -2.35. The Labute approximate surface area is 145 Å². The van der Waals surface area contributed by atoms with E-state index in [0.29, 0.717) is 0 Å². The summed E-state index contributed by atoms with van der Waals surface area (Å²) in [7, 11) is 0. The second kappa shape index (κ2) is 6.06. The average molecular weight is 332 g/mol. The molecule has 0 fully saturated rings. The van der Waals surface area contributed by atoms with E-state index >= 15 is 0 Å². The van der Waals surface area contributed by atoms with E-state index in [0.717, 1.165) is 26.9 Å². The summed E-state index contributed by atoms with van der Waals surface area (Å²) >= 11 is 1.70. The molecule has 0 atom stereocenters. The molecule has 2 aromatic carbocycles. The van der Waals surface area contributed by atoms with Gasteiger partial charge in [-0.05, 0) is 24.3 Å². The van der Waals surface area contributed by atoms with Gasteiger partial charge in [0.2, 0.25) is 0 Å². The quantitative estimate of drug-likeness (QED) is 0.529. The van der Waals surface area contributed by atoms with Crippen molar-refractivity contribution in [3.8, 4) is 0 Å². The summed E-state index contributed by atoms with van der Waals surface area (Å²) in [6, 6.07) is 21.9. The second-order valence-electron chi connectivity index (χ2n) is 5.59. The average Bonchev–Trinajstić information content (AvgIpc) is 2.61. The minimum absolute atomic E-state index is 0.0606. The molecule has 24 heavy (non-hydrogen) atoms. The molecule has 3 nitrogen and oxygen atoms in total. The fourth-order valence-corrected chi connectivity index (χ4v) is 3.86. The van der Waals surface area contributed by atoms with Crippen LogP contribution in [0, 0.1) is 6.92 Å². The number of anilines is 2. The molecule has 4 rings (SSSR count). The summed E-state index contributed by atoms with van der Waals surface area (Å²) in [5, 5.41) is 13.1. The highest BCUT2D eigenvalue weighted by Gasteiger charge is 2.23. The zero-order chi connectivity index (χ0) is 16.5. The van der Waals surface area contributed by atoms with E-state index < -0.39 is 0 Å². The minimum Gasteiger partial charge on any atom is -0.856 e. The number of pyridine rings is 1. The molecule has 1 aliphatic rings. The molecule has 1 aliphatic heterocycles. The Morgan fingerprint density at radius 2 is 1.50 bits per heavy atom. The van der Waals surface area contributed by atoms with Crippen LogP contribution >= 0.6 is 11.8 Å². The summed E-state index contributed by atoms with van der Waals surface area (Å²) in [6.07, 6.45) is 3.53. The normalized spacial score (nSPS) is 13.4. The van der Waals surface area contributed by atoms with E-state index in [4.69, 9.17) is 0 Å². The van der Waals surface area contributed by atoms with Gasteiger partial charge in [0.1, 0.15) is 0 Å². The van der Waals surface area contributed by atoms with Crippen molar-refractivity contribution in [2.45, 2.75) is 16.7 Å². The second-order valence-corrected chi connectivity index (χ2v) is 6.67. The van der Waals surface area contributed by atoms with Gasteiger partial charge in [-0.25, -0.2) is 0 Å². The van der Waals surface area contributed by atoms with Crippen molar-refractivity contribution in [1.29, 1.82) is 0 Å². The fourth-order valence-electron chi connectivity index (χ4n) is 2.80. The van der Waals surface area contributed by atoms with Crippen LogP contribution in [0.3, 0.4) is 0 Å². The van der Waals surface area contributed by atoms with Crippen LogP contribution in [0.5, 0.6) is 0 Å². The molecule has 0 saturated carbocycles. The van der Waals surface area contributed by atoms with Crippen molar-refractivity contribution in [3.63, 3.8) is 0 Å². The SMILES string of the molecule is Cc1cccc[n+]1/C=C(\[O-])N1c2ccccc2Sc2ccccc21. The molecule has 0 saturated heterocycles. The van der Waals surface area contributed by atoms with Crippen LogP contribution in [0.15, 0.2) is 88.6 Å². The van der Waals surface area contributed by atoms with Gasteiger partial charge >= 0.3 is 0 Å². The fraction of sp³-hybridized carbons (Fsp3) is 0.0500. The first kappa shape index (κ1) is 14.8. The number of benzene rings is 2. The van der Waals surface area contributed by atoms with E-state index in [-0.39, 0.29) is 5.88 Å². The monoisotopic (exact) mass is 332 g/mol. The first-order valence-electron chi connectivity index (χ1n) is 7.76. The van der Waals surface area contributed by atoms with Crippen LogP contribution in [0.25, 0.3) is 6.20 Å². The van der Waals surface area contributed by atoms with Crippen LogP contribution in [-0.4, -0.2) is 0 Å². The highest BCUT2D eigenvalue weighted by atomic mass is 32.2. The summed E-state index contributed by atoms with van der Waals surface area (Å²) in [5.41, 5.74) is 2.87. The summed E-state index contributed by atoms with van der Waals surface area (Å²) in [5.74, 6) is -0.0606. The lowest BCUT2D eigenvalue weighted by atomic mass is 10.2. The molecule has 0 N–H and O–H groups in total. The van der Waals surface area contributed by atoms with Crippen LogP contribution < -0.4 is 14.6 Å². The number of para-hydroxylation sites is 2. The van der Waals surface area contributed by atoms with E-state index in [1.165, 1.54) is 0 Å². The van der Waals surface area contributed by atoms with Crippen LogP contribution in [-0.2, 0) is 0 Å².